The average molecular weight is 214 g/mol. The Morgan fingerprint density at radius 3 is 2.80 bits per heavy atom. The molecule has 4 heteroatoms. The van der Waals surface area contributed by atoms with E-state index in [-0.39, 0.29) is 12.1 Å². The molecule has 1 aliphatic heterocycles. The quantitative estimate of drug-likeness (QED) is 0.667. The van der Waals surface area contributed by atoms with Gasteiger partial charge in [-0.15, -0.1) is 0 Å². The highest BCUT2D eigenvalue weighted by atomic mass is 16.7. The van der Waals surface area contributed by atoms with Crippen LogP contribution in [0.4, 0.5) is 0 Å². The van der Waals surface area contributed by atoms with Crippen LogP contribution in [0.1, 0.15) is 32.6 Å². The van der Waals surface area contributed by atoms with Crippen LogP contribution in [0, 0.1) is 5.92 Å². The van der Waals surface area contributed by atoms with Crippen LogP contribution >= 0.6 is 0 Å². The third-order valence-corrected chi connectivity index (χ3v) is 3.43. The van der Waals surface area contributed by atoms with Crippen molar-refractivity contribution in [2.45, 2.75) is 44.5 Å². The predicted octanol–water partition coefficient (Wildman–Crippen LogP) is 1.48. The Bertz CT molecular complexity index is 249. The highest BCUT2D eigenvalue weighted by molar-refractivity contribution is 5.69. The van der Waals surface area contributed by atoms with Crippen molar-refractivity contribution in [1.29, 1.82) is 0 Å². The van der Waals surface area contributed by atoms with Gasteiger partial charge in [-0.1, -0.05) is 6.42 Å². The fourth-order valence-corrected chi connectivity index (χ4v) is 2.17. The molecular weight excluding hydrogens is 196 g/mol. The summed E-state index contributed by atoms with van der Waals surface area (Å²) in [5.74, 6) is -0.196. The SMILES string of the molecule is COC(=O)CC1COC(C)(C2CCC2)O1. The van der Waals surface area contributed by atoms with E-state index in [2.05, 4.69) is 4.74 Å². The lowest BCUT2D eigenvalue weighted by molar-refractivity contribution is -0.208. The summed E-state index contributed by atoms with van der Waals surface area (Å²) in [5, 5.41) is 0. The maximum atomic E-state index is 11.1. The minimum Gasteiger partial charge on any atom is -0.469 e. The molecule has 0 radical (unpaired) electrons. The van der Waals surface area contributed by atoms with Crippen LogP contribution in [0.25, 0.3) is 0 Å². The standard InChI is InChI=1S/C11H18O4/c1-11(8-4-3-5-8)14-7-9(15-11)6-10(12)13-2/h8-9H,3-7H2,1-2H3. The third kappa shape index (κ3) is 2.16. The van der Waals surface area contributed by atoms with Gasteiger partial charge in [0.15, 0.2) is 5.79 Å². The molecule has 2 aliphatic rings. The number of hydrogen-bond donors (Lipinski definition) is 0. The molecule has 4 nitrogen and oxygen atoms in total. The average Bonchev–Trinajstić information content (AvgIpc) is 2.44. The first-order chi connectivity index (χ1) is 7.14. The zero-order valence-corrected chi connectivity index (χ0v) is 9.32. The normalized spacial score (nSPS) is 36.3. The van der Waals surface area contributed by atoms with Crippen LogP contribution in [0.5, 0.6) is 0 Å². The monoisotopic (exact) mass is 214 g/mol. The Balaban J connectivity index is 1.85. The molecule has 1 saturated carbocycles. The molecule has 0 aromatic rings. The number of carbonyl (C=O) groups is 1. The molecule has 1 aliphatic carbocycles. The van der Waals surface area contributed by atoms with Crippen molar-refractivity contribution in [2.75, 3.05) is 13.7 Å². The maximum absolute atomic E-state index is 11.1. The van der Waals surface area contributed by atoms with E-state index in [0.717, 1.165) is 0 Å². The maximum Gasteiger partial charge on any atom is 0.308 e. The van der Waals surface area contributed by atoms with Gasteiger partial charge in [0.25, 0.3) is 0 Å². The Hall–Kier alpha value is -0.610. The molecule has 15 heavy (non-hydrogen) atoms. The summed E-state index contributed by atoms with van der Waals surface area (Å²) in [4.78, 5) is 11.1. The third-order valence-electron chi connectivity index (χ3n) is 3.43. The number of ether oxygens (including phenoxy) is 3. The van der Waals surface area contributed by atoms with Crippen molar-refractivity contribution < 1.29 is 19.0 Å². The zero-order chi connectivity index (χ0) is 10.9. The van der Waals surface area contributed by atoms with E-state index in [1.54, 1.807) is 0 Å². The van der Waals surface area contributed by atoms with E-state index in [0.29, 0.717) is 18.9 Å². The first-order valence-electron chi connectivity index (χ1n) is 5.52. The molecule has 2 rings (SSSR count). The van der Waals surface area contributed by atoms with Crippen molar-refractivity contribution in [1.82, 2.24) is 0 Å². The molecular formula is C11H18O4. The van der Waals surface area contributed by atoms with E-state index in [1.165, 1.54) is 26.4 Å². The molecule has 2 fully saturated rings. The lowest BCUT2D eigenvalue weighted by atomic mass is 9.79. The molecule has 0 amide bonds. The second-order valence-corrected chi connectivity index (χ2v) is 4.47. The first-order valence-corrected chi connectivity index (χ1v) is 5.52. The summed E-state index contributed by atoms with van der Waals surface area (Å²) >= 11 is 0. The van der Waals surface area contributed by atoms with Crippen molar-refractivity contribution in [3.05, 3.63) is 0 Å². The van der Waals surface area contributed by atoms with Crippen LogP contribution < -0.4 is 0 Å². The summed E-state index contributed by atoms with van der Waals surface area (Å²) < 4.78 is 16.1. The lowest BCUT2D eigenvalue weighted by Gasteiger charge is -2.38. The van der Waals surface area contributed by atoms with E-state index in [9.17, 15) is 4.79 Å². The van der Waals surface area contributed by atoms with Crippen LogP contribution in [0.15, 0.2) is 0 Å². The van der Waals surface area contributed by atoms with Crippen LogP contribution in [0.3, 0.4) is 0 Å². The smallest absolute Gasteiger partial charge is 0.308 e. The summed E-state index contributed by atoms with van der Waals surface area (Å²) in [6, 6.07) is 0. The predicted molar refractivity (Wildman–Crippen MR) is 53.2 cm³/mol. The largest absolute Gasteiger partial charge is 0.469 e. The molecule has 0 aromatic heterocycles. The van der Waals surface area contributed by atoms with Crippen LogP contribution in [0.2, 0.25) is 0 Å². The van der Waals surface area contributed by atoms with E-state index < -0.39 is 5.79 Å². The minimum atomic E-state index is -0.461. The van der Waals surface area contributed by atoms with Gasteiger partial charge in [0.1, 0.15) is 0 Å². The van der Waals surface area contributed by atoms with E-state index in [1.807, 2.05) is 6.92 Å². The molecule has 2 unspecified atom stereocenters. The number of methoxy groups -OCH3 is 1. The van der Waals surface area contributed by atoms with Gasteiger partial charge in [-0.05, 0) is 19.8 Å². The Kier molecular flexibility index (Phi) is 2.98. The molecule has 86 valence electrons. The summed E-state index contributed by atoms with van der Waals surface area (Å²) in [6.45, 7) is 2.48. The highest BCUT2D eigenvalue weighted by Crippen LogP contribution is 2.42. The zero-order valence-electron chi connectivity index (χ0n) is 9.32. The second kappa shape index (κ2) is 4.10. The van der Waals surface area contributed by atoms with Crippen molar-refractivity contribution in [3.8, 4) is 0 Å². The first kappa shape index (κ1) is 10.9. The van der Waals surface area contributed by atoms with Gasteiger partial charge < -0.3 is 14.2 Å². The number of hydrogen-bond acceptors (Lipinski definition) is 4. The van der Waals surface area contributed by atoms with Gasteiger partial charge in [0.2, 0.25) is 0 Å². The lowest BCUT2D eigenvalue weighted by Crippen LogP contribution is -2.40. The van der Waals surface area contributed by atoms with E-state index in [4.69, 9.17) is 9.47 Å². The van der Waals surface area contributed by atoms with Gasteiger partial charge in [0, 0.05) is 5.92 Å². The molecule has 0 spiro atoms. The number of rotatable bonds is 3. The van der Waals surface area contributed by atoms with Crippen LogP contribution in [-0.2, 0) is 19.0 Å². The molecule has 0 N–H and O–H groups in total. The Morgan fingerprint density at radius 2 is 2.27 bits per heavy atom. The topological polar surface area (TPSA) is 44.8 Å². The molecule has 0 bridgehead atoms. The molecule has 2 atom stereocenters. The molecule has 0 aromatic carbocycles. The van der Waals surface area contributed by atoms with Gasteiger partial charge in [-0.2, -0.15) is 0 Å². The van der Waals surface area contributed by atoms with Crippen molar-refractivity contribution in [3.63, 3.8) is 0 Å². The Labute approximate surface area is 89.9 Å². The number of esters is 1. The van der Waals surface area contributed by atoms with Crippen molar-refractivity contribution in [2.24, 2.45) is 5.92 Å². The van der Waals surface area contributed by atoms with Crippen LogP contribution in [-0.4, -0.2) is 31.6 Å². The molecule has 1 saturated heterocycles. The van der Waals surface area contributed by atoms with Crippen molar-refractivity contribution >= 4 is 5.97 Å². The fraction of sp³-hybridized carbons (Fsp3) is 0.909. The summed E-state index contributed by atoms with van der Waals surface area (Å²) in [5.41, 5.74) is 0. The minimum absolute atomic E-state index is 0.136. The molecule has 1 heterocycles. The highest BCUT2D eigenvalue weighted by Gasteiger charge is 2.46. The second-order valence-electron chi connectivity index (χ2n) is 4.47. The van der Waals surface area contributed by atoms with Gasteiger partial charge in [-0.3, -0.25) is 4.79 Å². The summed E-state index contributed by atoms with van der Waals surface area (Å²) in [7, 11) is 1.39. The van der Waals surface area contributed by atoms with Gasteiger partial charge in [-0.25, -0.2) is 0 Å². The van der Waals surface area contributed by atoms with Gasteiger partial charge in [0.05, 0.1) is 26.2 Å². The number of carbonyl (C=O) groups excluding carboxylic acids is 1. The summed E-state index contributed by atoms with van der Waals surface area (Å²) in [6.07, 6.45) is 3.75. The van der Waals surface area contributed by atoms with E-state index >= 15 is 0 Å². The fourth-order valence-electron chi connectivity index (χ4n) is 2.17. The van der Waals surface area contributed by atoms with Gasteiger partial charge >= 0.3 is 5.97 Å². The Morgan fingerprint density at radius 1 is 1.53 bits per heavy atom.